The second kappa shape index (κ2) is 8.37. The third-order valence-electron chi connectivity index (χ3n) is 3.78. The number of rotatable bonds is 7. The van der Waals surface area contributed by atoms with Crippen LogP contribution in [0.5, 0.6) is 17.4 Å². The molecular weight excluding hydrogens is 320 g/mol. The van der Waals surface area contributed by atoms with Gasteiger partial charge in [-0.1, -0.05) is 6.07 Å². The molecule has 0 radical (unpaired) electrons. The molecule has 0 aliphatic carbocycles. The average molecular weight is 344 g/mol. The van der Waals surface area contributed by atoms with Gasteiger partial charge in [-0.15, -0.1) is 0 Å². The SMILES string of the molecule is CCOc1nc(C)ccc1C(=O)NC(C)c1ccc(OC)c(OC)c1. The molecule has 0 aliphatic rings. The number of pyridine rings is 1. The van der Waals surface area contributed by atoms with Crippen LogP contribution in [0.3, 0.4) is 0 Å². The van der Waals surface area contributed by atoms with Crippen molar-refractivity contribution in [2.45, 2.75) is 26.8 Å². The van der Waals surface area contributed by atoms with Crippen molar-refractivity contribution < 1.29 is 19.0 Å². The Morgan fingerprint density at radius 3 is 2.52 bits per heavy atom. The maximum Gasteiger partial charge on any atom is 0.257 e. The van der Waals surface area contributed by atoms with E-state index in [1.807, 2.05) is 39.0 Å². The molecule has 6 heteroatoms. The van der Waals surface area contributed by atoms with Crippen LogP contribution < -0.4 is 19.5 Å². The lowest BCUT2D eigenvalue weighted by Crippen LogP contribution is -2.27. The van der Waals surface area contributed by atoms with Gasteiger partial charge in [0, 0.05) is 5.69 Å². The van der Waals surface area contributed by atoms with Gasteiger partial charge in [0.1, 0.15) is 5.56 Å². The fourth-order valence-electron chi connectivity index (χ4n) is 2.43. The van der Waals surface area contributed by atoms with Gasteiger partial charge in [0.2, 0.25) is 5.88 Å². The van der Waals surface area contributed by atoms with Crippen molar-refractivity contribution in [3.63, 3.8) is 0 Å². The molecular formula is C19H24N2O4. The first-order valence-electron chi connectivity index (χ1n) is 8.13. The van der Waals surface area contributed by atoms with Gasteiger partial charge in [-0.3, -0.25) is 4.79 Å². The van der Waals surface area contributed by atoms with Crippen LogP contribution in [0.4, 0.5) is 0 Å². The van der Waals surface area contributed by atoms with Gasteiger partial charge in [-0.05, 0) is 50.6 Å². The van der Waals surface area contributed by atoms with E-state index in [1.165, 1.54) is 0 Å². The number of hydrogen-bond donors (Lipinski definition) is 1. The zero-order valence-electron chi connectivity index (χ0n) is 15.3. The molecule has 1 amide bonds. The molecule has 0 aliphatic heterocycles. The summed E-state index contributed by atoms with van der Waals surface area (Å²) in [4.78, 5) is 16.9. The molecule has 2 rings (SSSR count). The molecule has 1 heterocycles. The summed E-state index contributed by atoms with van der Waals surface area (Å²) >= 11 is 0. The number of benzene rings is 1. The largest absolute Gasteiger partial charge is 0.493 e. The standard InChI is InChI=1S/C19H24N2O4/c1-6-25-19-15(9-7-12(2)20-19)18(22)21-13(3)14-8-10-16(23-4)17(11-14)24-5/h7-11,13H,6H2,1-5H3,(H,21,22). The second-order valence-corrected chi connectivity index (χ2v) is 5.55. The maximum atomic E-state index is 12.6. The number of ether oxygens (including phenoxy) is 3. The van der Waals surface area contributed by atoms with Crippen LogP contribution in [0.25, 0.3) is 0 Å². The highest BCUT2D eigenvalue weighted by Crippen LogP contribution is 2.30. The van der Waals surface area contributed by atoms with Crippen LogP contribution in [0.15, 0.2) is 30.3 Å². The van der Waals surface area contributed by atoms with E-state index in [0.717, 1.165) is 11.3 Å². The van der Waals surface area contributed by atoms with Crippen LogP contribution in [0.1, 0.15) is 41.5 Å². The minimum atomic E-state index is -0.238. The molecule has 0 bridgehead atoms. The van der Waals surface area contributed by atoms with E-state index in [0.29, 0.717) is 29.5 Å². The van der Waals surface area contributed by atoms with Gasteiger partial charge in [-0.25, -0.2) is 4.98 Å². The zero-order chi connectivity index (χ0) is 18.4. The first kappa shape index (κ1) is 18.6. The number of carbonyl (C=O) groups excluding carboxylic acids is 1. The monoisotopic (exact) mass is 344 g/mol. The van der Waals surface area contributed by atoms with Gasteiger partial charge in [-0.2, -0.15) is 0 Å². The lowest BCUT2D eigenvalue weighted by atomic mass is 10.1. The van der Waals surface area contributed by atoms with Gasteiger partial charge in [0.05, 0.1) is 26.9 Å². The number of methoxy groups -OCH3 is 2. The van der Waals surface area contributed by atoms with E-state index in [9.17, 15) is 4.79 Å². The summed E-state index contributed by atoms with van der Waals surface area (Å²) in [5, 5.41) is 2.96. The molecule has 1 atom stereocenters. The quantitative estimate of drug-likeness (QED) is 0.834. The highest BCUT2D eigenvalue weighted by atomic mass is 16.5. The molecule has 1 aromatic heterocycles. The van der Waals surface area contributed by atoms with E-state index < -0.39 is 0 Å². The summed E-state index contributed by atoms with van der Waals surface area (Å²) in [6.45, 7) is 6.07. The molecule has 1 aromatic carbocycles. The number of nitrogens with zero attached hydrogens (tertiary/aromatic N) is 1. The Kier molecular flexibility index (Phi) is 6.22. The third-order valence-corrected chi connectivity index (χ3v) is 3.78. The van der Waals surface area contributed by atoms with Crippen LogP contribution in [-0.2, 0) is 0 Å². The Morgan fingerprint density at radius 1 is 1.16 bits per heavy atom. The number of nitrogens with one attached hydrogen (secondary N) is 1. The van der Waals surface area contributed by atoms with Gasteiger partial charge < -0.3 is 19.5 Å². The van der Waals surface area contributed by atoms with E-state index in [-0.39, 0.29) is 11.9 Å². The molecule has 2 aromatic rings. The van der Waals surface area contributed by atoms with Crippen molar-refractivity contribution in [2.75, 3.05) is 20.8 Å². The molecule has 25 heavy (non-hydrogen) atoms. The predicted octanol–water partition coefficient (Wildman–Crippen LogP) is 3.30. The smallest absolute Gasteiger partial charge is 0.257 e. The van der Waals surface area contributed by atoms with Crippen LogP contribution in [0, 0.1) is 6.92 Å². The highest BCUT2D eigenvalue weighted by Gasteiger charge is 2.18. The molecule has 1 N–H and O–H groups in total. The molecule has 0 spiro atoms. The second-order valence-electron chi connectivity index (χ2n) is 5.55. The molecule has 0 saturated carbocycles. The van der Waals surface area contributed by atoms with Gasteiger partial charge in [0.25, 0.3) is 5.91 Å². The lowest BCUT2D eigenvalue weighted by molar-refractivity contribution is 0.0935. The van der Waals surface area contributed by atoms with Crippen LogP contribution in [0.2, 0.25) is 0 Å². The minimum Gasteiger partial charge on any atom is -0.493 e. The van der Waals surface area contributed by atoms with E-state index in [2.05, 4.69) is 10.3 Å². The Hall–Kier alpha value is -2.76. The first-order valence-corrected chi connectivity index (χ1v) is 8.13. The fourth-order valence-corrected chi connectivity index (χ4v) is 2.43. The normalized spacial score (nSPS) is 11.6. The summed E-state index contributed by atoms with van der Waals surface area (Å²) in [6, 6.07) is 8.85. The minimum absolute atomic E-state index is 0.219. The average Bonchev–Trinajstić information content (AvgIpc) is 2.61. The molecule has 0 saturated heterocycles. The van der Waals surface area contributed by atoms with Crippen molar-refractivity contribution in [1.29, 1.82) is 0 Å². The molecule has 0 fully saturated rings. The van der Waals surface area contributed by atoms with Gasteiger partial charge >= 0.3 is 0 Å². The van der Waals surface area contributed by atoms with Crippen molar-refractivity contribution in [2.24, 2.45) is 0 Å². The van der Waals surface area contributed by atoms with Crippen LogP contribution in [-0.4, -0.2) is 31.7 Å². The van der Waals surface area contributed by atoms with Crippen molar-refractivity contribution in [1.82, 2.24) is 10.3 Å². The number of hydrogen-bond acceptors (Lipinski definition) is 5. The molecule has 6 nitrogen and oxygen atoms in total. The Morgan fingerprint density at radius 2 is 1.88 bits per heavy atom. The number of aromatic nitrogens is 1. The lowest BCUT2D eigenvalue weighted by Gasteiger charge is -2.17. The summed E-state index contributed by atoms with van der Waals surface area (Å²) in [6.07, 6.45) is 0. The summed E-state index contributed by atoms with van der Waals surface area (Å²) in [5.41, 5.74) is 2.12. The first-order chi connectivity index (χ1) is 12.0. The van der Waals surface area contributed by atoms with Crippen molar-refractivity contribution in [3.05, 3.63) is 47.2 Å². The highest BCUT2D eigenvalue weighted by molar-refractivity contribution is 5.96. The summed E-state index contributed by atoms with van der Waals surface area (Å²) in [7, 11) is 3.17. The predicted molar refractivity (Wildman–Crippen MR) is 95.6 cm³/mol. The van der Waals surface area contributed by atoms with Gasteiger partial charge in [0.15, 0.2) is 11.5 Å². The van der Waals surface area contributed by atoms with Crippen molar-refractivity contribution >= 4 is 5.91 Å². The molecule has 1 unspecified atom stereocenters. The van der Waals surface area contributed by atoms with Crippen molar-refractivity contribution in [3.8, 4) is 17.4 Å². The number of aryl methyl sites for hydroxylation is 1. The number of carbonyl (C=O) groups is 1. The summed E-state index contributed by atoms with van der Waals surface area (Å²) < 4.78 is 16.0. The third kappa shape index (κ3) is 4.41. The topological polar surface area (TPSA) is 69.7 Å². The Bertz CT molecular complexity index is 746. The number of amides is 1. The Balaban J connectivity index is 2.20. The van der Waals surface area contributed by atoms with Crippen LogP contribution >= 0.6 is 0 Å². The fraction of sp³-hybridized carbons (Fsp3) is 0.368. The summed E-state index contributed by atoms with van der Waals surface area (Å²) in [5.74, 6) is 1.37. The van der Waals surface area contributed by atoms with E-state index in [4.69, 9.17) is 14.2 Å². The van der Waals surface area contributed by atoms with E-state index >= 15 is 0 Å². The van der Waals surface area contributed by atoms with E-state index in [1.54, 1.807) is 26.4 Å². The Labute approximate surface area is 148 Å². The zero-order valence-corrected chi connectivity index (χ0v) is 15.3. The maximum absolute atomic E-state index is 12.6. The molecule has 134 valence electrons.